The van der Waals surface area contributed by atoms with Crippen molar-refractivity contribution in [2.45, 2.75) is 0 Å². The second-order valence-electron chi connectivity index (χ2n) is 0.429. The fraction of sp³-hybridized carbons (Fsp3) is 0. The minimum Gasteiger partial charge on any atom is -0.210 e. The number of hydrogen-bond donors (Lipinski definition) is 1. The maximum Gasteiger partial charge on any atom is 0.253 e. The quantitative estimate of drug-likeness (QED) is 0.261. The highest BCUT2D eigenvalue weighted by Crippen LogP contribution is 1.53. The van der Waals surface area contributed by atoms with Crippen LogP contribution in [0, 0.1) is 0 Å². The van der Waals surface area contributed by atoms with Crippen LogP contribution >= 0.6 is 0 Å². The van der Waals surface area contributed by atoms with Gasteiger partial charge in [-0.1, -0.05) is 4.40 Å². The van der Waals surface area contributed by atoms with Crippen LogP contribution in [0.2, 0.25) is 0 Å². The fourth-order valence-corrected chi connectivity index (χ4v) is 0.100. The van der Waals surface area contributed by atoms with Crippen molar-refractivity contribution in [3.05, 3.63) is 0 Å². The number of hydrogen-bond acceptors (Lipinski definition) is 3. The Morgan fingerprint density at radius 1 is 1.50 bits per heavy atom. The van der Waals surface area contributed by atoms with Gasteiger partial charge in [-0.15, -0.1) is 0 Å². The van der Waals surface area contributed by atoms with Gasteiger partial charge < -0.3 is 0 Å². The van der Waals surface area contributed by atoms with Crippen LogP contribution in [0.1, 0.15) is 0 Å². The number of carbonyl (C=O) groups excluding carboxylic acids is 1. The zero-order chi connectivity index (χ0) is 4.99. The lowest BCUT2D eigenvalue weighted by atomic mass is 11.7. The largest absolute Gasteiger partial charge is 0.253 e. The lowest BCUT2D eigenvalue weighted by molar-refractivity contribution is 0.565. The number of isocyanates is 1. The summed E-state index contributed by atoms with van der Waals surface area (Å²) in [4.78, 5) is 8.94. The molecular formula is CHNO3S. The molecule has 0 aliphatic heterocycles. The van der Waals surface area contributed by atoms with Gasteiger partial charge in [0.2, 0.25) is 0 Å². The summed E-state index contributed by atoms with van der Waals surface area (Å²) in [6.45, 7) is 0. The van der Waals surface area contributed by atoms with Crippen LogP contribution in [0.25, 0.3) is 0 Å². The topological polar surface area (TPSA) is 63.6 Å². The van der Waals surface area contributed by atoms with E-state index >= 15 is 0 Å². The predicted octanol–water partition coefficient (Wildman–Crippen LogP) is -1.15. The zero-order valence-corrected chi connectivity index (χ0v) is 3.51. The van der Waals surface area contributed by atoms with E-state index in [1.165, 1.54) is 0 Å². The van der Waals surface area contributed by atoms with Crippen LogP contribution in [0.15, 0.2) is 4.40 Å². The Balaban J connectivity index is 3.98. The first-order valence-electron chi connectivity index (χ1n) is 0.993. The summed E-state index contributed by atoms with van der Waals surface area (Å²) in [7, 11) is -2.90. The van der Waals surface area contributed by atoms with Gasteiger partial charge in [0.05, 0.1) is 0 Å². The molecule has 34 valence electrons. The average Bonchev–Trinajstić information content (AvgIpc) is 1.35. The molecule has 0 radical (unpaired) electrons. The minimum atomic E-state index is -2.90. The van der Waals surface area contributed by atoms with E-state index in [9.17, 15) is 8.42 Å². The Morgan fingerprint density at radius 2 is 2.00 bits per heavy atom. The van der Waals surface area contributed by atoms with Crippen LogP contribution in [-0.2, 0) is 15.7 Å². The third kappa shape index (κ3) is 3.33. The van der Waals surface area contributed by atoms with Gasteiger partial charge in [0.15, 0.2) is 0 Å². The van der Waals surface area contributed by atoms with Crippen molar-refractivity contribution < 1.29 is 13.2 Å². The van der Waals surface area contributed by atoms with E-state index in [1.807, 2.05) is 0 Å². The Bertz CT molecular complexity index is 133. The number of thiol groups is 1. The Hall–Kier alpha value is -0.670. The van der Waals surface area contributed by atoms with Gasteiger partial charge in [-0.25, -0.2) is 13.2 Å². The Morgan fingerprint density at radius 3 is 2.00 bits per heavy atom. The highest BCUT2D eigenvalue weighted by molar-refractivity contribution is 7.71. The van der Waals surface area contributed by atoms with Gasteiger partial charge in [0.1, 0.15) is 0 Å². The molecule has 6 heavy (non-hydrogen) atoms. The molecule has 0 heterocycles. The highest BCUT2D eigenvalue weighted by atomic mass is 32.2. The number of rotatable bonds is 1. The van der Waals surface area contributed by atoms with E-state index in [1.54, 1.807) is 0 Å². The number of nitrogens with zero attached hydrogens (tertiary/aromatic N) is 1. The molecule has 0 aromatic heterocycles. The van der Waals surface area contributed by atoms with E-state index in [4.69, 9.17) is 4.79 Å². The van der Waals surface area contributed by atoms with Crippen LogP contribution < -0.4 is 0 Å². The molecule has 0 saturated heterocycles. The highest BCUT2D eigenvalue weighted by Gasteiger charge is 1.61. The molecular weight excluding hydrogens is 106 g/mol. The van der Waals surface area contributed by atoms with Crippen molar-refractivity contribution in [1.29, 1.82) is 0 Å². The van der Waals surface area contributed by atoms with Gasteiger partial charge in [-0.2, -0.15) is 0 Å². The van der Waals surface area contributed by atoms with E-state index < -0.39 is 10.9 Å². The SMILES string of the molecule is O=C=N[SH](=O)=O. The van der Waals surface area contributed by atoms with Gasteiger partial charge in [-0.3, -0.25) is 0 Å². The van der Waals surface area contributed by atoms with Crippen molar-refractivity contribution in [3.8, 4) is 0 Å². The van der Waals surface area contributed by atoms with Crippen molar-refractivity contribution >= 4 is 17.0 Å². The van der Waals surface area contributed by atoms with Crippen LogP contribution in [0.5, 0.6) is 0 Å². The normalized spacial score (nSPS) is 7.50. The van der Waals surface area contributed by atoms with Crippen molar-refractivity contribution in [2.24, 2.45) is 4.40 Å². The minimum absolute atomic E-state index is 0.846. The second kappa shape index (κ2) is 2.56. The van der Waals surface area contributed by atoms with E-state index in [2.05, 4.69) is 4.40 Å². The molecule has 0 amide bonds. The molecule has 0 saturated carbocycles. The van der Waals surface area contributed by atoms with E-state index in [0.29, 0.717) is 0 Å². The van der Waals surface area contributed by atoms with Crippen LogP contribution in [0.4, 0.5) is 0 Å². The molecule has 0 bridgehead atoms. The molecule has 0 aliphatic rings. The van der Waals surface area contributed by atoms with Crippen molar-refractivity contribution in [3.63, 3.8) is 0 Å². The summed E-state index contributed by atoms with van der Waals surface area (Å²) in [6.07, 6.45) is 0.846. The summed E-state index contributed by atoms with van der Waals surface area (Å²) in [6, 6.07) is 0. The fourth-order valence-electron chi connectivity index (χ4n) is 0.0333. The van der Waals surface area contributed by atoms with E-state index in [-0.39, 0.29) is 0 Å². The van der Waals surface area contributed by atoms with Gasteiger partial charge in [0, 0.05) is 0 Å². The van der Waals surface area contributed by atoms with Gasteiger partial charge in [0.25, 0.3) is 17.0 Å². The molecule has 0 aromatic rings. The molecule has 0 aromatic carbocycles. The predicted molar refractivity (Wildman–Crippen MR) is 18.4 cm³/mol. The third-order valence-electron chi connectivity index (χ3n) is 0.122. The molecule has 0 rings (SSSR count). The van der Waals surface area contributed by atoms with Crippen molar-refractivity contribution in [2.75, 3.05) is 0 Å². The summed E-state index contributed by atoms with van der Waals surface area (Å²) in [5, 5.41) is 0. The summed E-state index contributed by atoms with van der Waals surface area (Å²) >= 11 is 0. The average molecular weight is 107 g/mol. The Labute approximate surface area is 35.6 Å². The summed E-state index contributed by atoms with van der Waals surface area (Å²) < 4.78 is 20.7. The lowest BCUT2D eigenvalue weighted by Crippen LogP contribution is -1.59. The molecule has 0 aliphatic carbocycles. The standard InChI is InChI=1S/CHNO3S/c3-1-2-6(4)5/h6H. The summed E-state index contributed by atoms with van der Waals surface area (Å²) in [5.41, 5.74) is 0. The van der Waals surface area contributed by atoms with Gasteiger partial charge in [-0.05, 0) is 0 Å². The zero-order valence-electron chi connectivity index (χ0n) is 2.62. The smallest absolute Gasteiger partial charge is 0.210 e. The maximum atomic E-state index is 9.21. The first-order chi connectivity index (χ1) is 2.77. The molecule has 5 heteroatoms. The molecule has 0 atom stereocenters. The van der Waals surface area contributed by atoms with E-state index in [0.717, 1.165) is 6.08 Å². The molecule has 0 spiro atoms. The molecule has 4 nitrogen and oxygen atoms in total. The van der Waals surface area contributed by atoms with Gasteiger partial charge >= 0.3 is 0 Å². The third-order valence-corrected chi connectivity index (χ3v) is 0.367. The molecule has 0 N–H and O–H groups in total. The van der Waals surface area contributed by atoms with Crippen LogP contribution in [0.3, 0.4) is 0 Å². The van der Waals surface area contributed by atoms with Crippen LogP contribution in [-0.4, -0.2) is 14.5 Å². The molecule has 0 unspecified atom stereocenters. The Kier molecular flexibility index (Phi) is 2.27. The monoisotopic (exact) mass is 107 g/mol. The summed E-state index contributed by atoms with van der Waals surface area (Å²) in [5.74, 6) is 0. The first kappa shape index (κ1) is 5.33. The lowest BCUT2D eigenvalue weighted by Gasteiger charge is -1.49. The van der Waals surface area contributed by atoms with Crippen molar-refractivity contribution in [1.82, 2.24) is 0 Å². The molecule has 0 fully saturated rings. The maximum absolute atomic E-state index is 9.21. The first-order valence-corrected chi connectivity index (χ1v) is 2.12. The second-order valence-corrected chi connectivity index (χ2v) is 1.10.